The monoisotopic (exact) mass is 540 g/mol. The van der Waals surface area contributed by atoms with Crippen molar-refractivity contribution in [3.05, 3.63) is 72.3 Å². The number of oxazole rings is 1. The molecule has 38 heavy (non-hydrogen) atoms. The Balaban J connectivity index is 1.12. The van der Waals surface area contributed by atoms with E-state index in [1.807, 2.05) is 68.4 Å². The number of nitrogens with zero attached hydrogens (tertiary/aromatic N) is 2. The third-order valence-corrected chi connectivity index (χ3v) is 6.96. The molecule has 1 heterocycles. The molecule has 1 aromatic heterocycles. The highest BCUT2D eigenvalue weighted by Gasteiger charge is 2.14. The highest BCUT2D eigenvalue weighted by Crippen LogP contribution is 2.28. The van der Waals surface area contributed by atoms with Crippen molar-refractivity contribution in [1.82, 2.24) is 4.98 Å². The molecule has 0 aliphatic heterocycles. The lowest BCUT2D eigenvalue weighted by atomic mass is 10.2. The van der Waals surface area contributed by atoms with Gasteiger partial charge in [0.25, 0.3) is 10.1 Å². The number of ether oxygens (including phenoxy) is 3. The van der Waals surface area contributed by atoms with E-state index in [9.17, 15) is 8.42 Å². The third kappa shape index (κ3) is 7.55. The maximum absolute atomic E-state index is 12.1. The van der Waals surface area contributed by atoms with Gasteiger partial charge in [-0.15, -0.1) is 0 Å². The summed E-state index contributed by atoms with van der Waals surface area (Å²) in [4.78, 5) is 6.76. The Bertz CT molecular complexity index is 1420. The average molecular weight is 541 g/mol. The van der Waals surface area contributed by atoms with Gasteiger partial charge in [0, 0.05) is 31.4 Å². The first kappa shape index (κ1) is 27.6. The Morgan fingerprint density at radius 2 is 1.47 bits per heavy atom. The normalized spacial score (nSPS) is 11.7. The molecule has 0 N–H and O–H groups in total. The van der Waals surface area contributed by atoms with E-state index < -0.39 is 10.1 Å². The van der Waals surface area contributed by atoms with Crippen molar-refractivity contribution in [2.45, 2.75) is 11.8 Å². The summed E-state index contributed by atoms with van der Waals surface area (Å²) in [6.07, 6.45) is 0. The summed E-state index contributed by atoms with van der Waals surface area (Å²) < 4.78 is 51.8. The molecule has 0 fully saturated rings. The van der Waals surface area contributed by atoms with Crippen LogP contribution in [0.1, 0.15) is 5.56 Å². The molecular formula is C28H32N2O7S. The predicted octanol–water partition coefficient (Wildman–Crippen LogP) is 4.69. The van der Waals surface area contributed by atoms with E-state index in [0.29, 0.717) is 43.7 Å². The second-order valence-electron chi connectivity index (χ2n) is 8.75. The third-order valence-electron chi connectivity index (χ3n) is 5.63. The fourth-order valence-corrected chi connectivity index (χ4v) is 4.43. The summed E-state index contributed by atoms with van der Waals surface area (Å²) in [6.45, 7) is 3.38. The molecule has 0 radical (unpaired) electrons. The Morgan fingerprint density at radius 1 is 0.816 bits per heavy atom. The molecule has 0 unspecified atom stereocenters. The standard InChI is InChI=1S/C28H32N2O7S/c1-21-4-11-25(12-5-21)38(31,32)36-19-17-34-15-14-33-16-18-35-24-10-13-27-26(20-24)29-28(37-27)22-6-8-23(9-7-22)30(2)3/h4-13,20H,14-19H2,1-3H3. The number of benzene rings is 3. The summed E-state index contributed by atoms with van der Waals surface area (Å²) in [5, 5.41) is 0. The van der Waals surface area contributed by atoms with Crippen LogP contribution < -0.4 is 9.64 Å². The van der Waals surface area contributed by atoms with Gasteiger partial charge < -0.3 is 23.5 Å². The van der Waals surface area contributed by atoms with Gasteiger partial charge in [-0.1, -0.05) is 17.7 Å². The maximum Gasteiger partial charge on any atom is 0.297 e. The first-order valence-corrected chi connectivity index (χ1v) is 13.7. The lowest BCUT2D eigenvalue weighted by Crippen LogP contribution is -2.14. The highest BCUT2D eigenvalue weighted by atomic mass is 32.2. The first-order chi connectivity index (χ1) is 18.3. The minimum atomic E-state index is -3.78. The SMILES string of the molecule is Cc1ccc(S(=O)(=O)OCCOCCOCCOc2ccc3oc(-c4ccc(N(C)C)cc4)nc3c2)cc1. The summed E-state index contributed by atoms with van der Waals surface area (Å²) in [6, 6.07) is 20.0. The van der Waals surface area contributed by atoms with E-state index in [1.54, 1.807) is 12.1 Å². The zero-order valence-corrected chi connectivity index (χ0v) is 22.6. The van der Waals surface area contributed by atoms with Crippen LogP contribution in [-0.4, -0.2) is 67.1 Å². The fraction of sp³-hybridized carbons (Fsp3) is 0.321. The number of aryl methyl sites for hydroxylation is 1. The number of fused-ring (bicyclic) bond motifs is 1. The van der Waals surface area contributed by atoms with Crippen molar-refractivity contribution < 1.29 is 31.2 Å². The second kappa shape index (κ2) is 12.9. The molecule has 0 atom stereocenters. The predicted molar refractivity (Wildman–Crippen MR) is 145 cm³/mol. The van der Waals surface area contributed by atoms with Gasteiger partial charge in [-0.2, -0.15) is 8.42 Å². The van der Waals surface area contributed by atoms with Crippen LogP contribution in [0.25, 0.3) is 22.6 Å². The van der Waals surface area contributed by atoms with E-state index in [2.05, 4.69) is 4.98 Å². The maximum atomic E-state index is 12.1. The molecule has 0 aliphatic carbocycles. The molecule has 3 aromatic carbocycles. The quantitative estimate of drug-likeness (QED) is 0.167. The highest BCUT2D eigenvalue weighted by molar-refractivity contribution is 7.86. The Hall–Kier alpha value is -3.44. The fourth-order valence-electron chi connectivity index (χ4n) is 3.54. The minimum Gasteiger partial charge on any atom is -0.491 e. The van der Waals surface area contributed by atoms with Gasteiger partial charge in [0.1, 0.15) is 17.9 Å². The lowest BCUT2D eigenvalue weighted by Gasteiger charge is -2.11. The number of hydrogen-bond acceptors (Lipinski definition) is 9. The van der Waals surface area contributed by atoms with Gasteiger partial charge >= 0.3 is 0 Å². The van der Waals surface area contributed by atoms with Crippen LogP contribution in [0.4, 0.5) is 5.69 Å². The topological polar surface area (TPSA) is 100 Å². The van der Waals surface area contributed by atoms with Gasteiger partial charge in [0.2, 0.25) is 5.89 Å². The van der Waals surface area contributed by atoms with E-state index >= 15 is 0 Å². The molecule has 4 rings (SSSR count). The van der Waals surface area contributed by atoms with Crippen LogP contribution in [0.15, 0.2) is 76.0 Å². The van der Waals surface area contributed by atoms with Crippen LogP contribution in [0.5, 0.6) is 5.75 Å². The van der Waals surface area contributed by atoms with E-state index in [-0.39, 0.29) is 18.1 Å². The Labute approximate surface area is 223 Å². The molecular weight excluding hydrogens is 508 g/mol. The molecule has 202 valence electrons. The lowest BCUT2D eigenvalue weighted by molar-refractivity contribution is 0.0279. The van der Waals surface area contributed by atoms with Crippen molar-refractivity contribution in [1.29, 1.82) is 0 Å². The molecule has 0 saturated heterocycles. The smallest absolute Gasteiger partial charge is 0.297 e. The van der Waals surface area contributed by atoms with Gasteiger partial charge in [-0.3, -0.25) is 4.18 Å². The van der Waals surface area contributed by atoms with Gasteiger partial charge in [-0.25, -0.2) is 4.98 Å². The summed E-state index contributed by atoms with van der Waals surface area (Å²) in [7, 11) is 0.213. The number of hydrogen-bond donors (Lipinski definition) is 0. The Kier molecular flexibility index (Phi) is 9.35. The molecule has 0 aliphatic rings. The zero-order chi connectivity index (χ0) is 27.0. The molecule has 0 spiro atoms. The summed E-state index contributed by atoms with van der Waals surface area (Å²) >= 11 is 0. The average Bonchev–Trinajstić information content (AvgIpc) is 3.33. The molecule has 9 nitrogen and oxygen atoms in total. The van der Waals surface area contributed by atoms with Crippen LogP contribution in [0, 0.1) is 6.92 Å². The molecule has 0 saturated carbocycles. The molecule has 0 amide bonds. The van der Waals surface area contributed by atoms with Crippen molar-refractivity contribution in [2.75, 3.05) is 58.6 Å². The number of anilines is 1. The van der Waals surface area contributed by atoms with E-state index in [1.165, 1.54) is 12.1 Å². The molecule has 0 bridgehead atoms. The van der Waals surface area contributed by atoms with Crippen LogP contribution in [0.2, 0.25) is 0 Å². The summed E-state index contributed by atoms with van der Waals surface area (Å²) in [5.41, 5.74) is 4.39. The largest absolute Gasteiger partial charge is 0.491 e. The zero-order valence-electron chi connectivity index (χ0n) is 21.8. The first-order valence-electron chi connectivity index (χ1n) is 12.2. The van der Waals surface area contributed by atoms with E-state index in [0.717, 1.165) is 22.3 Å². The van der Waals surface area contributed by atoms with Gasteiger partial charge in [0.15, 0.2) is 5.58 Å². The van der Waals surface area contributed by atoms with Crippen molar-refractivity contribution in [3.63, 3.8) is 0 Å². The summed E-state index contributed by atoms with van der Waals surface area (Å²) in [5.74, 6) is 1.23. The number of rotatable bonds is 14. The van der Waals surface area contributed by atoms with Crippen molar-refractivity contribution >= 4 is 26.9 Å². The van der Waals surface area contributed by atoms with Crippen LogP contribution >= 0.6 is 0 Å². The van der Waals surface area contributed by atoms with Gasteiger partial charge in [0.05, 0.1) is 37.9 Å². The van der Waals surface area contributed by atoms with E-state index in [4.69, 9.17) is 22.8 Å². The van der Waals surface area contributed by atoms with Crippen molar-refractivity contribution in [3.8, 4) is 17.2 Å². The molecule has 4 aromatic rings. The Morgan fingerprint density at radius 3 is 2.16 bits per heavy atom. The molecule has 10 heteroatoms. The van der Waals surface area contributed by atoms with Crippen LogP contribution in [-0.2, 0) is 23.8 Å². The number of aromatic nitrogens is 1. The van der Waals surface area contributed by atoms with Crippen molar-refractivity contribution in [2.24, 2.45) is 0 Å². The second-order valence-corrected chi connectivity index (χ2v) is 10.4. The minimum absolute atomic E-state index is 0.0625. The van der Waals surface area contributed by atoms with Gasteiger partial charge in [-0.05, 0) is 55.5 Å². The van der Waals surface area contributed by atoms with Crippen LogP contribution in [0.3, 0.4) is 0 Å².